The van der Waals surface area contributed by atoms with E-state index >= 15 is 0 Å². The highest BCUT2D eigenvalue weighted by molar-refractivity contribution is 5.72. The van der Waals surface area contributed by atoms with Crippen molar-refractivity contribution in [3.63, 3.8) is 0 Å². The summed E-state index contributed by atoms with van der Waals surface area (Å²) in [4.78, 5) is 10.2. The molecule has 0 aromatic carbocycles. The van der Waals surface area contributed by atoms with E-state index in [1.165, 1.54) is 0 Å². The molecular formula is C6H15N2O2+. The fourth-order valence-electron chi connectivity index (χ4n) is 0.570. The van der Waals surface area contributed by atoms with Gasteiger partial charge < -0.3 is 16.6 Å². The standard InChI is InChI=1S/C6H14N2O2/c7-4-2-1-3-5(8)6(9)10/h5H,1-4,7-8H2,(H,9,10)/p+1/t5-/m0/s1/i4D2. The quantitative estimate of drug-likeness (QED) is 0.459. The first-order valence-electron chi connectivity index (χ1n) is 4.17. The van der Waals surface area contributed by atoms with Gasteiger partial charge in [0, 0.05) is 0 Å². The van der Waals surface area contributed by atoms with E-state index in [0.29, 0.717) is 12.8 Å². The molecule has 0 amide bonds. The topological polar surface area (TPSA) is 91.0 Å². The maximum absolute atomic E-state index is 10.2. The lowest BCUT2D eigenvalue weighted by molar-refractivity contribution is -0.368. The van der Waals surface area contributed by atoms with Gasteiger partial charge in [0.1, 0.15) is 6.04 Å². The van der Waals surface area contributed by atoms with Gasteiger partial charge in [-0.05, 0) is 19.3 Å². The molecule has 0 radical (unpaired) electrons. The van der Waals surface area contributed by atoms with Crippen LogP contribution in [0.15, 0.2) is 0 Å². The third kappa shape index (κ3) is 4.29. The predicted molar refractivity (Wildman–Crippen MR) is 37.2 cm³/mol. The zero-order chi connectivity index (χ0) is 9.78. The van der Waals surface area contributed by atoms with Crippen LogP contribution in [0.4, 0.5) is 0 Å². The average Bonchev–Trinajstić information content (AvgIpc) is 1.84. The highest BCUT2D eigenvalue weighted by atomic mass is 16.4. The van der Waals surface area contributed by atoms with Crippen LogP contribution < -0.4 is 11.5 Å². The predicted octanol–water partition coefficient (Wildman–Crippen LogP) is -1.19. The number of aliphatic carboxylic acids is 1. The molecule has 0 rings (SSSR count). The number of carboxylic acid groups (broad SMARTS) is 1. The Morgan fingerprint density at radius 3 is 2.80 bits per heavy atom. The number of carbonyl (C=O) groups is 1. The number of quaternary nitrogens is 1. The van der Waals surface area contributed by atoms with Gasteiger partial charge in [0.15, 0.2) is 0 Å². The third-order valence-electron chi connectivity index (χ3n) is 1.19. The Balaban J connectivity index is 3.51. The zero-order valence-electron chi connectivity index (χ0n) is 7.84. The highest BCUT2D eigenvalue weighted by Gasteiger charge is 2.09. The molecule has 0 fully saturated rings. The molecule has 4 nitrogen and oxygen atoms in total. The van der Waals surface area contributed by atoms with Gasteiger partial charge >= 0.3 is 5.97 Å². The summed E-state index contributed by atoms with van der Waals surface area (Å²) in [5.74, 6) is -1.04. The van der Waals surface area contributed by atoms with Gasteiger partial charge in [-0.2, -0.15) is 0 Å². The summed E-state index contributed by atoms with van der Waals surface area (Å²) in [6, 6.07) is -0.882. The Kier molecular flexibility index (Phi) is 3.18. The second kappa shape index (κ2) is 5.20. The van der Waals surface area contributed by atoms with Crippen molar-refractivity contribution in [1.82, 2.24) is 0 Å². The Bertz CT molecular complexity index is 158. The van der Waals surface area contributed by atoms with Gasteiger partial charge in [-0.1, -0.05) is 0 Å². The van der Waals surface area contributed by atoms with Crippen LogP contribution in [0.1, 0.15) is 22.0 Å². The van der Waals surface area contributed by atoms with Crippen LogP contribution >= 0.6 is 0 Å². The molecule has 0 aliphatic carbocycles. The summed E-state index contributed by atoms with van der Waals surface area (Å²) in [7, 11) is 0. The lowest BCUT2D eigenvalue weighted by Gasteiger charge is -2.02. The number of nitrogens with two attached hydrogens (primary N) is 1. The van der Waals surface area contributed by atoms with Gasteiger partial charge in [-0.3, -0.25) is 4.79 Å². The van der Waals surface area contributed by atoms with Crippen molar-refractivity contribution in [1.29, 1.82) is 0 Å². The minimum absolute atomic E-state index is 0.244. The first-order chi connectivity index (χ1) is 5.33. The van der Waals surface area contributed by atoms with E-state index in [4.69, 9.17) is 13.6 Å². The van der Waals surface area contributed by atoms with E-state index in [0.717, 1.165) is 0 Å². The molecule has 6 N–H and O–H groups in total. The van der Waals surface area contributed by atoms with E-state index in [-0.39, 0.29) is 6.42 Å². The summed E-state index contributed by atoms with van der Waals surface area (Å²) < 4.78 is 14.1. The Hall–Kier alpha value is -0.610. The van der Waals surface area contributed by atoms with E-state index in [1.54, 1.807) is 0 Å². The number of hydrogen-bond acceptors (Lipinski definition) is 2. The summed E-state index contributed by atoms with van der Waals surface area (Å²) in [5, 5.41) is 8.38. The van der Waals surface area contributed by atoms with Crippen molar-refractivity contribution in [2.75, 3.05) is 6.50 Å². The minimum atomic E-state index is -1.47. The molecule has 0 aliphatic rings. The summed E-state index contributed by atoms with van der Waals surface area (Å²) in [5.41, 5.74) is 8.46. The van der Waals surface area contributed by atoms with Crippen molar-refractivity contribution in [2.24, 2.45) is 5.73 Å². The monoisotopic (exact) mass is 149 g/mol. The average molecular weight is 149 g/mol. The second-order valence-electron chi connectivity index (χ2n) is 2.09. The molecule has 4 heteroatoms. The second-order valence-corrected chi connectivity index (χ2v) is 2.09. The van der Waals surface area contributed by atoms with Crippen LogP contribution in [0.5, 0.6) is 0 Å². The first-order valence-corrected chi connectivity index (χ1v) is 3.17. The van der Waals surface area contributed by atoms with Crippen LogP contribution in [0.25, 0.3) is 0 Å². The van der Waals surface area contributed by atoms with Crippen LogP contribution in [0.3, 0.4) is 0 Å². The van der Waals surface area contributed by atoms with Gasteiger partial charge in [0.05, 0.1) is 9.24 Å². The number of hydrogen-bond donors (Lipinski definition) is 3. The molecule has 0 saturated heterocycles. The van der Waals surface area contributed by atoms with E-state index in [1.807, 2.05) is 0 Å². The third-order valence-corrected chi connectivity index (χ3v) is 1.19. The molecule has 0 heterocycles. The van der Waals surface area contributed by atoms with Crippen LogP contribution in [-0.4, -0.2) is 23.6 Å². The molecule has 0 unspecified atom stereocenters. The minimum Gasteiger partial charge on any atom is -0.480 e. The number of rotatable bonds is 5. The van der Waals surface area contributed by atoms with E-state index < -0.39 is 18.5 Å². The van der Waals surface area contributed by atoms with Crippen molar-refractivity contribution >= 4 is 5.97 Å². The normalized spacial score (nSPS) is 17.4. The van der Waals surface area contributed by atoms with Crippen molar-refractivity contribution in [2.45, 2.75) is 25.3 Å². The van der Waals surface area contributed by atoms with E-state index in [9.17, 15) is 4.79 Å². The molecule has 0 aromatic heterocycles. The van der Waals surface area contributed by atoms with E-state index in [2.05, 4.69) is 5.73 Å². The Morgan fingerprint density at radius 2 is 2.40 bits per heavy atom. The highest BCUT2D eigenvalue weighted by Crippen LogP contribution is 1.96. The molecular weight excluding hydrogens is 132 g/mol. The van der Waals surface area contributed by atoms with Gasteiger partial charge in [-0.25, -0.2) is 0 Å². The van der Waals surface area contributed by atoms with Crippen LogP contribution in [0.2, 0.25) is 0 Å². The Labute approximate surface area is 63.0 Å². The fourth-order valence-corrected chi connectivity index (χ4v) is 0.570. The molecule has 1 atom stereocenters. The first kappa shape index (κ1) is 6.12. The molecule has 0 saturated carbocycles. The SMILES string of the molecule is [2H]C([2H])([NH3+])CCC[C@H](N)C(=O)O. The van der Waals surface area contributed by atoms with Crippen LogP contribution in [0, 0.1) is 0 Å². The largest absolute Gasteiger partial charge is 0.480 e. The summed E-state index contributed by atoms with van der Waals surface area (Å²) >= 11 is 0. The lowest BCUT2D eigenvalue weighted by Crippen LogP contribution is -2.50. The molecule has 0 spiro atoms. The molecule has 0 bridgehead atoms. The summed E-state index contributed by atoms with van der Waals surface area (Å²) in [6.45, 7) is -1.47. The van der Waals surface area contributed by atoms with Gasteiger partial charge in [0.2, 0.25) is 0 Å². The summed E-state index contributed by atoms with van der Waals surface area (Å²) in [6.07, 6.45) is 0.988. The molecule has 0 aromatic rings. The molecule has 60 valence electrons. The van der Waals surface area contributed by atoms with Gasteiger partial charge in [0.25, 0.3) is 0 Å². The maximum Gasteiger partial charge on any atom is 0.320 e. The smallest absolute Gasteiger partial charge is 0.320 e. The number of carboxylic acids is 1. The maximum atomic E-state index is 10.2. The Morgan fingerprint density at radius 1 is 1.80 bits per heavy atom. The van der Waals surface area contributed by atoms with Crippen molar-refractivity contribution in [3.8, 4) is 0 Å². The zero-order valence-corrected chi connectivity index (χ0v) is 5.84. The fraction of sp³-hybridized carbons (Fsp3) is 0.833. The van der Waals surface area contributed by atoms with Gasteiger partial charge in [-0.15, -0.1) is 0 Å². The lowest BCUT2D eigenvalue weighted by atomic mass is 10.1. The van der Waals surface area contributed by atoms with Crippen molar-refractivity contribution in [3.05, 3.63) is 0 Å². The molecule has 10 heavy (non-hydrogen) atoms. The van der Waals surface area contributed by atoms with Crippen LogP contribution in [-0.2, 0) is 4.79 Å². The van der Waals surface area contributed by atoms with Crippen molar-refractivity contribution < 1.29 is 18.4 Å². The molecule has 0 aliphatic heterocycles.